The van der Waals surface area contributed by atoms with Crippen molar-refractivity contribution in [2.75, 3.05) is 7.11 Å². The molecule has 74 valence electrons. The summed E-state index contributed by atoms with van der Waals surface area (Å²) in [5, 5.41) is 0. The summed E-state index contributed by atoms with van der Waals surface area (Å²) in [5.74, 6) is -0.268. The van der Waals surface area contributed by atoms with E-state index in [0.29, 0.717) is 0 Å². The van der Waals surface area contributed by atoms with Crippen LogP contribution in [0.4, 0.5) is 0 Å². The summed E-state index contributed by atoms with van der Waals surface area (Å²) in [6.07, 6.45) is 0. The molecule has 7 heteroatoms. The number of nitrogens with one attached hydrogen (secondary N) is 4. The average molecular weight is 251 g/mol. The van der Waals surface area contributed by atoms with Crippen molar-refractivity contribution in [3.63, 3.8) is 0 Å². The van der Waals surface area contributed by atoms with Crippen molar-refractivity contribution in [2.45, 2.75) is 23.1 Å². The molecular formula is C6H11BrN4O2. The highest BCUT2D eigenvalue weighted by Gasteiger charge is 2.47. The van der Waals surface area contributed by atoms with E-state index in [-0.39, 0.29) is 29.0 Å². The van der Waals surface area contributed by atoms with E-state index < -0.39 is 0 Å². The van der Waals surface area contributed by atoms with E-state index in [1.807, 2.05) is 0 Å². The lowest BCUT2D eigenvalue weighted by Crippen LogP contribution is -2.49. The molecule has 0 amide bonds. The zero-order valence-corrected chi connectivity index (χ0v) is 8.59. The van der Waals surface area contributed by atoms with Crippen molar-refractivity contribution >= 4 is 21.9 Å². The second kappa shape index (κ2) is 3.50. The first-order valence-corrected chi connectivity index (χ1v) is 4.89. The van der Waals surface area contributed by atoms with Gasteiger partial charge in [-0.15, -0.1) is 0 Å². The van der Waals surface area contributed by atoms with Gasteiger partial charge in [-0.05, 0) is 0 Å². The molecule has 0 bridgehead atoms. The molecule has 2 aliphatic heterocycles. The molecular weight excluding hydrogens is 240 g/mol. The van der Waals surface area contributed by atoms with Crippen molar-refractivity contribution in [3.8, 4) is 0 Å². The fourth-order valence-corrected chi connectivity index (χ4v) is 2.19. The summed E-state index contributed by atoms with van der Waals surface area (Å²) < 4.78 is 4.65. The highest BCUT2D eigenvalue weighted by atomic mass is 79.9. The maximum Gasteiger partial charge on any atom is 0.325 e. The number of ether oxygens (including phenoxy) is 1. The van der Waals surface area contributed by atoms with Gasteiger partial charge in [0, 0.05) is 0 Å². The van der Waals surface area contributed by atoms with Crippen LogP contribution in [0, 0.1) is 0 Å². The monoisotopic (exact) mass is 250 g/mol. The van der Waals surface area contributed by atoms with E-state index >= 15 is 0 Å². The summed E-state index contributed by atoms with van der Waals surface area (Å²) in [5.41, 5.74) is 11.9. The number of hydrogen-bond acceptors (Lipinski definition) is 6. The Labute approximate surface area is 83.8 Å². The number of halogens is 1. The van der Waals surface area contributed by atoms with Gasteiger partial charge in [-0.1, -0.05) is 15.9 Å². The number of alkyl halides is 1. The molecule has 0 saturated carbocycles. The Morgan fingerprint density at radius 2 is 1.92 bits per heavy atom. The van der Waals surface area contributed by atoms with Gasteiger partial charge in [0.05, 0.1) is 24.1 Å². The second-order valence-electron chi connectivity index (χ2n) is 3.03. The number of carbonyl (C=O) groups excluding carboxylic acids is 1. The minimum absolute atomic E-state index is 0.0109. The lowest BCUT2D eigenvalue weighted by Gasteiger charge is -2.13. The largest absolute Gasteiger partial charge is 0.468 e. The van der Waals surface area contributed by atoms with Crippen molar-refractivity contribution in [3.05, 3.63) is 0 Å². The lowest BCUT2D eigenvalue weighted by atomic mass is 10.1. The smallest absolute Gasteiger partial charge is 0.325 e. The number of carbonyl (C=O) groups is 1. The second-order valence-corrected chi connectivity index (χ2v) is 4.02. The number of esters is 1. The fraction of sp³-hybridized carbons (Fsp3) is 0.833. The first-order valence-electron chi connectivity index (χ1n) is 3.98. The van der Waals surface area contributed by atoms with Gasteiger partial charge in [0.2, 0.25) is 0 Å². The van der Waals surface area contributed by atoms with Crippen molar-refractivity contribution in [2.24, 2.45) is 0 Å². The Bertz CT molecular complexity index is 227. The van der Waals surface area contributed by atoms with E-state index in [1.54, 1.807) is 0 Å². The molecule has 0 aromatic carbocycles. The van der Waals surface area contributed by atoms with Crippen molar-refractivity contribution in [1.82, 2.24) is 21.7 Å². The van der Waals surface area contributed by atoms with Crippen LogP contribution >= 0.6 is 15.9 Å². The number of rotatable bonds is 1. The van der Waals surface area contributed by atoms with E-state index in [2.05, 4.69) is 42.4 Å². The van der Waals surface area contributed by atoms with Gasteiger partial charge in [0.15, 0.2) is 0 Å². The molecule has 4 N–H and O–H groups in total. The van der Waals surface area contributed by atoms with Crippen LogP contribution in [-0.4, -0.2) is 36.2 Å². The first kappa shape index (κ1) is 9.35. The van der Waals surface area contributed by atoms with Crippen LogP contribution in [0.15, 0.2) is 0 Å². The van der Waals surface area contributed by atoms with Crippen molar-refractivity contribution < 1.29 is 9.53 Å². The molecule has 0 radical (unpaired) electrons. The van der Waals surface area contributed by atoms with E-state index in [1.165, 1.54) is 7.11 Å². The molecule has 0 aromatic heterocycles. The third-order valence-corrected chi connectivity index (χ3v) is 3.11. The first-order chi connectivity index (χ1) is 6.24. The zero-order valence-electron chi connectivity index (χ0n) is 7.00. The molecule has 2 aliphatic rings. The fourth-order valence-electron chi connectivity index (χ4n) is 1.60. The Morgan fingerprint density at radius 1 is 1.23 bits per heavy atom. The third kappa shape index (κ3) is 1.46. The summed E-state index contributed by atoms with van der Waals surface area (Å²) in [6.45, 7) is 0. The average Bonchev–Trinajstić information content (AvgIpc) is 2.68. The highest BCUT2D eigenvalue weighted by molar-refractivity contribution is 9.09. The van der Waals surface area contributed by atoms with Crippen LogP contribution in [0.1, 0.15) is 0 Å². The molecule has 2 rings (SSSR count). The van der Waals surface area contributed by atoms with E-state index in [0.717, 1.165) is 0 Å². The highest BCUT2D eigenvalue weighted by Crippen LogP contribution is 2.18. The molecule has 4 unspecified atom stereocenters. The summed E-state index contributed by atoms with van der Waals surface area (Å²) in [6, 6.07) is -0.189. The van der Waals surface area contributed by atoms with Gasteiger partial charge in [0.25, 0.3) is 0 Å². The maximum absolute atomic E-state index is 11.3. The van der Waals surface area contributed by atoms with Crippen LogP contribution in [0.3, 0.4) is 0 Å². The summed E-state index contributed by atoms with van der Waals surface area (Å²) in [4.78, 5) is 11.4. The Balaban J connectivity index is 2.06. The van der Waals surface area contributed by atoms with Gasteiger partial charge in [0.1, 0.15) is 6.04 Å². The molecule has 0 aliphatic carbocycles. The molecule has 4 atom stereocenters. The van der Waals surface area contributed by atoms with Crippen LogP contribution < -0.4 is 21.7 Å². The molecule has 6 nitrogen and oxygen atoms in total. The Morgan fingerprint density at radius 3 is 2.62 bits per heavy atom. The molecule has 0 spiro atoms. The summed E-state index contributed by atoms with van der Waals surface area (Å²) >= 11 is 3.42. The topological polar surface area (TPSA) is 74.4 Å². The number of hydrogen-bond donors (Lipinski definition) is 4. The molecule has 2 saturated heterocycles. The molecule has 2 fully saturated rings. The number of hydrazine groups is 2. The zero-order chi connectivity index (χ0) is 9.42. The normalized spacial score (nSPS) is 43.2. The van der Waals surface area contributed by atoms with Crippen LogP contribution in [0.2, 0.25) is 0 Å². The van der Waals surface area contributed by atoms with E-state index in [4.69, 9.17) is 0 Å². The van der Waals surface area contributed by atoms with Gasteiger partial charge in [-0.2, -0.15) is 0 Å². The minimum atomic E-state index is -0.343. The Kier molecular flexibility index (Phi) is 2.52. The maximum atomic E-state index is 11.3. The van der Waals surface area contributed by atoms with Crippen LogP contribution in [-0.2, 0) is 9.53 Å². The standard InChI is InChI=1S/C6H11BrN4O2/c1-13-6(12)4-2-3(9-10-4)5(7)11-8-2/h2-5,8-11H,1H3. The van der Waals surface area contributed by atoms with E-state index in [9.17, 15) is 4.79 Å². The van der Waals surface area contributed by atoms with Gasteiger partial charge in [-0.3, -0.25) is 4.79 Å². The third-order valence-electron chi connectivity index (χ3n) is 2.31. The van der Waals surface area contributed by atoms with Gasteiger partial charge < -0.3 is 4.74 Å². The Hall–Kier alpha value is -0.210. The molecule has 2 heterocycles. The predicted molar refractivity (Wildman–Crippen MR) is 48.6 cm³/mol. The van der Waals surface area contributed by atoms with Gasteiger partial charge >= 0.3 is 5.97 Å². The van der Waals surface area contributed by atoms with Gasteiger partial charge in [-0.25, -0.2) is 21.7 Å². The number of fused-ring (bicyclic) bond motifs is 1. The molecule has 0 aromatic rings. The molecule has 13 heavy (non-hydrogen) atoms. The summed E-state index contributed by atoms with van der Waals surface area (Å²) in [7, 11) is 1.38. The number of methoxy groups -OCH3 is 1. The minimum Gasteiger partial charge on any atom is -0.468 e. The predicted octanol–water partition coefficient (Wildman–Crippen LogP) is -1.80. The SMILES string of the molecule is COC(=O)C1NNC2C(Br)NNC12. The quantitative estimate of drug-likeness (QED) is 0.250. The van der Waals surface area contributed by atoms with Crippen LogP contribution in [0.25, 0.3) is 0 Å². The van der Waals surface area contributed by atoms with Crippen molar-refractivity contribution in [1.29, 1.82) is 0 Å². The lowest BCUT2D eigenvalue weighted by molar-refractivity contribution is -0.143. The van der Waals surface area contributed by atoms with Crippen LogP contribution in [0.5, 0.6) is 0 Å².